The minimum atomic E-state index is -0.956. The Hall–Kier alpha value is -4.05. The third-order valence-electron chi connectivity index (χ3n) is 5.38. The van der Waals surface area contributed by atoms with Crippen molar-refractivity contribution in [2.75, 3.05) is 19.7 Å². The molecule has 1 fully saturated rings. The minimum Gasteiger partial charge on any atom is -0.486 e. The molecule has 1 saturated heterocycles. The van der Waals surface area contributed by atoms with E-state index in [1.165, 1.54) is 28.0 Å². The number of tetrazole rings is 1. The lowest BCUT2D eigenvalue weighted by Crippen LogP contribution is -2.38. The highest BCUT2D eigenvalue weighted by Crippen LogP contribution is 2.27. The highest BCUT2D eigenvalue weighted by molar-refractivity contribution is 5.65. The lowest BCUT2D eigenvalue weighted by molar-refractivity contribution is 0.123. The molecular formula is C20H21FN8O4. The fourth-order valence-electron chi connectivity index (χ4n) is 3.66. The largest absolute Gasteiger partial charge is 0.486 e. The summed E-state index contributed by atoms with van der Waals surface area (Å²) in [5, 5.41) is 43.6. The molecule has 1 aliphatic heterocycles. The minimum absolute atomic E-state index is 0.00657. The van der Waals surface area contributed by atoms with Crippen molar-refractivity contribution in [3.63, 3.8) is 0 Å². The first-order valence-corrected chi connectivity index (χ1v) is 10.3. The summed E-state index contributed by atoms with van der Waals surface area (Å²) in [6, 6.07) is 6.28. The maximum atomic E-state index is 14.6. The van der Waals surface area contributed by atoms with Gasteiger partial charge in [-0.05, 0) is 36.3 Å². The first-order valence-electron chi connectivity index (χ1n) is 10.3. The Morgan fingerprint density at radius 1 is 1.33 bits per heavy atom. The normalized spacial score (nSPS) is 14.3. The summed E-state index contributed by atoms with van der Waals surface area (Å²) < 4.78 is 21.8. The molecule has 0 bridgehead atoms. The molecule has 3 heterocycles. The number of benzene rings is 1. The zero-order chi connectivity index (χ0) is 23.4. The van der Waals surface area contributed by atoms with Crippen LogP contribution in [0.1, 0.15) is 30.1 Å². The lowest BCUT2D eigenvalue weighted by atomic mass is 10.1. The molecule has 172 valence electrons. The van der Waals surface area contributed by atoms with E-state index in [2.05, 4.69) is 26.6 Å². The van der Waals surface area contributed by atoms with Crippen LogP contribution in [0.25, 0.3) is 11.4 Å². The molecule has 3 aromatic rings. The maximum Gasteiger partial charge on any atom is 0.407 e. The number of halogens is 1. The summed E-state index contributed by atoms with van der Waals surface area (Å²) in [7, 11) is 0. The van der Waals surface area contributed by atoms with Crippen LogP contribution >= 0.6 is 0 Å². The van der Waals surface area contributed by atoms with E-state index in [4.69, 9.17) is 14.9 Å². The fourth-order valence-corrected chi connectivity index (χ4v) is 3.66. The van der Waals surface area contributed by atoms with Gasteiger partial charge >= 0.3 is 6.09 Å². The van der Waals surface area contributed by atoms with Gasteiger partial charge < -0.3 is 19.8 Å². The molecule has 33 heavy (non-hydrogen) atoms. The number of aliphatic hydroxyl groups excluding tert-OH is 1. The van der Waals surface area contributed by atoms with Crippen molar-refractivity contribution in [2.45, 2.75) is 32.0 Å². The number of hydrogen-bond donors (Lipinski definition) is 2. The van der Waals surface area contributed by atoms with E-state index >= 15 is 0 Å². The van der Waals surface area contributed by atoms with Gasteiger partial charge in [-0.15, -0.1) is 10.2 Å². The number of carboxylic acid groups (broad SMARTS) is 1. The SMILES string of the molecule is N#Cc1c(COc2ccc(-c3nnn(CCO)n3)cc2F)cnn1C1CCN(C(=O)O)CC1. The van der Waals surface area contributed by atoms with E-state index in [9.17, 15) is 14.4 Å². The molecule has 0 spiro atoms. The summed E-state index contributed by atoms with van der Waals surface area (Å²) in [5.41, 5.74) is 1.23. The number of hydrogen-bond acceptors (Lipinski definition) is 8. The molecule has 1 amide bonds. The number of aromatic nitrogens is 6. The van der Waals surface area contributed by atoms with Gasteiger partial charge in [0.1, 0.15) is 18.4 Å². The molecule has 12 nitrogen and oxygen atoms in total. The molecule has 0 saturated carbocycles. The number of nitriles is 1. The molecule has 0 aliphatic carbocycles. The smallest absolute Gasteiger partial charge is 0.407 e. The van der Waals surface area contributed by atoms with Gasteiger partial charge in [0.15, 0.2) is 11.6 Å². The average Bonchev–Trinajstić information content (AvgIpc) is 3.45. The van der Waals surface area contributed by atoms with Gasteiger partial charge in [-0.2, -0.15) is 15.2 Å². The monoisotopic (exact) mass is 456 g/mol. The standard InChI is InChI=1S/C20H21FN8O4/c21-16-9-13(19-24-26-28(25-19)7-8-30)1-2-18(16)33-12-14-11-23-29(17(14)10-22)15-3-5-27(6-4-15)20(31)32/h1-2,9,11,15,30H,3-8,12H2,(H,31,32). The van der Waals surface area contributed by atoms with Crippen LogP contribution in [0.4, 0.5) is 9.18 Å². The van der Waals surface area contributed by atoms with Crippen molar-refractivity contribution in [1.82, 2.24) is 34.9 Å². The molecule has 2 N–H and O–H groups in total. The highest BCUT2D eigenvalue weighted by atomic mass is 19.1. The van der Waals surface area contributed by atoms with E-state index in [0.29, 0.717) is 42.8 Å². The Bertz CT molecular complexity index is 1180. The van der Waals surface area contributed by atoms with Crippen molar-refractivity contribution in [3.05, 3.63) is 41.5 Å². The first kappa shape index (κ1) is 22.2. The van der Waals surface area contributed by atoms with Gasteiger partial charge in [0.25, 0.3) is 0 Å². The second-order valence-electron chi connectivity index (χ2n) is 7.44. The van der Waals surface area contributed by atoms with E-state index in [1.807, 2.05) is 0 Å². The zero-order valence-electron chi connectivity index (χ0n) is 17.5. The molecule has 0 atom stereocenters. The van der Waals surface area contributed by atoms with E-state index in [1.54, 1.807) is 10.7 Å². The summed E-state index contributed by atoms with van der Waals surface area (Å²) in [6.45, 7) is 0.732. The molecule has 0 radical (unpaired) electrons. The first-order chi connectivity index (χ1) is 16.0. The molecule has 1 aromatic carbocycles. The Balaban J connectivity index is 1.43. The number of carbonyl (C=O) groups is 1. The maximum absolute atomic E-state index is 14.6. The zero-order valence-corrected chi connectivity index (χ0v) is 17.5. The van der Waals surface area contributed by atoms with E-state index < -0.39 is 11.9 Å². The van der Waals surface area contributed by atoms with E-state index in [0.717, 1.165) is 0 Å². The topological polar surface area (TPSA) is 155 Å². The number of amides is 1. The van der Waals surface area contributed by atoms with Gasteiger partial charge in [0.05, 0.1) is 25.4 Å². The molecule has 13 heteroatoms. The predicted octanol–water partition coefficient (Wildman–Crippen LogP) is 1.43. The summed E-state index contributed by atoms with van der Waals surface area (Å²) in [6.07, 6.45) is 1.66. The number of aliphatic hydroxyl groups is 1. The van der Waals surface area contributed by atoms with Crippen molar-refractivity contribution < 1.29 is 24.1 Å². The van der Waals surface area contributed by atoms with Crippen LogP contribution in [-0.4, -0.2) is 70.9 Å². The molecular weight excluding hydrogens is 435 g/mol. The lowest BCUT2D eigenvalue weighted by Gasteiger charge is -2.30. The van der Waals surface area contributed by atoms with Crippen molar-refractivity contribution >= 4 is 6.09 Å². The predicted molar refractivity (Wildman–Crippen MR) is 109 cm³/mol. The average molecular weight is 456 g/mol. The molecule has 1 aliphatic rings. The summed E-state index contributed by atoms with van der Waals surface area (Å²) >= 11 is 0. The molecule has 2 aromatic heterocycles. The third kappa shape index (κ3) is 4.75. The number of rotatable bonds is 7. The Morgan fingerprint density at radius 3 is 2.79 bits per heavy atom. The number of ether oxygens (including phenoxy) is 1. The van der Waals surface area contributed by atoms with Gasteiger partial charge in [-0.1, -0.05) is 0 Å². The second kappa shape index (κ2) is 9.61. The van der Waals surface area contributed by atoms with Crippen LogP contribution in [0.15, 0.2) is 24.4 Å². The van der Waals surface area contributed by atoms with Crippen LogP contribution < -0.4 is 4.74 Å². The van der Waals surface area contributed by atoms with Crippen molar-refractivity contribution in [3.8, 4) is 23.2 Å². The van der Waals surface area contributed by atoms with E-state index in [-0.39, 0.29) is 37.4 Å². The van der Waals surface area contributed by atoms with Crippen LogP contribution in [-0.2, 0) is 13.2 Å². The summed E-state index contributed by atoms with van der Waals surface area (Å²) in [4.78, 5) is 13.6. The quantitative estimate of drug-likeness (QED) is 0.537. The Labute approximate surface area is 187 Å². The fraction of sp³-hybridized carbons (Fsp3) is 0.400. The van der Waals surface area contributed by atoms with Gasteiger partial charge in [0.2, 0.25) is 5.82 Å². The van der Waals surface area contributed by atoms with Crippen LogP contribution in [0.3, 0.4) is 0 Å². The Kier molecular flexibility index (Phi) is 6.45. The van der Waals surface area contributed by atoms with Gasteiger partial charge in [0, 0.05) is 24.2 Å². The molecule has 0 unspecified atom stereocenters. The van der Waals surface area contributed by atoms with Crippen molar-refractivity contribution in [2.24, 2.45) is 0 Å². The third-order valence-corrected chi connectivity index (χ3v) is 5.38. The van der Waals surface area contributed by atoms with Crippen LogP contribution in [0.2, 0.25) is 0 Å². The Morgan fingerprint density at radius 2 is 2.12 bits per heavy atom. The van der Waals surface area contributed by atoms with Gasteiger partial charge in [-0.3, -0.25) is 4.68 Å². The number of piperidine rings is 1. The number of likely N-dealkylation sites (tertiary alicyclic amines) is 1. The highest BCUT2D eigenvalue weighted by Gasteiger charge is 2.26. The van der Waals surface area contributed by atoms with Crippen LogP contribution in [0, 0.1) is 17.1 Å². The van der Waals surface area contributed by atoms with Gasteiger partial charge in [-0.25, -0.2) is 9.18 Å². The number of nitrogens with zero attached hydrogens (tertiary/aromatic N) is 8. The second-order valence-corrected chi connectivity index (χ2v) is 7.44. The molecule has 4 rings (SSSR count). The van der Waals surface area contributed by atoms with Crippen molar-refractivity contribution in [1.29, 1.82) is 5.26 Å². The van der Waals surface area contributed by atoms with Crippen LogP contribution in [0.5, 0.6) is 5.75 Å². The summed E-state index contributed by atoms with van der Waals surface area (Å²) in [5.74, 6) is -0.415.